The predicted molar refractivity (Wildman–Crippen MR) is 108 cm³/mol. The molecule has 1 unspecified atom stereocenters. The summed E-state index contributed by atoms with van der Waals surface area (Å²) in [7, 11) is -3.77. The van der Waals surface area contributed by atoms with E-state index < -0.39 is 16.1 Å². The molecular formula is C22H26N2O3S. The minimum atomic E-state index is -3.77. The minimum absolute atomic E-state index is 0.152. The van der Waals surface area contributed by atoms with E-state index in [2.05, 4.69) is 5.32 Å². The van der Waals surface area contributed by atoms with Gasteiger partial charge < -0.3 is 5.32 Å². The molecule has 0 saturated heterocycles. The Kier molecular flexibility index (Phi) is 5.51. The summed E-state index contributed by atoms with van der Waals surface area (Å²) in [6, 6.07) is 15.6. The number of carbonyl (C=O) groups excluding carboxylic acids is 1. The first-order valence-electron chi connectivity index (χ1n) is 10.00. The summed E-state index contributed by atoms with van der Waals surface area (Å²) >= 11 is 0. The second-order valence-electron chi connectivity index (χ2n) is 7.70. The van der Waals surface area contributed by atoms with Gasteiger partial charge in [0.15, 0.2) is 0 Å². The largest absolute Gasteiger partial charge is 0.352 e. The molecule has 148 valence electrons. The molecule has 4 rings (SSSR count). The van der Waals surface area contributed by atoms with Crippen molar-refractivity contribution in [2.75, 3.05) is 0 Å². The summed E-state index contributed by atoms with van der Waals surface area (Å²) in [5, 5.41) is 3.13. The molecular weight excluding hydrogens is 372 g/mol. The molecule has 1 atom stereocenters. The van der Waals surface area contributed by atoms with Crippen LogP contribution in [0.1, 0.15) is 43.2 Å². The molecule has 0 bridgehead atoms. The van der Waals surface area contributed by atoms with Gasteiger partial charge in [0.25, 0.3) is 0 Å². The Balaban J connectivity index is 1.66. The first kappa shape index (κ1) is 19.2. The molecule has 2 aliphatic rings. The maximum absolute atomic E-state index is 13.4. The van der Waals surface area contributed by atoms with Gasteiger partial charge in [-0.25, -0.2) is 8.42 Å². The fourth-order valence-corrected chi connectivity index (χ4v) is 5.83. The third kappa shape index (κ3) is 3.84. The molecule has 2 aromatic rings. The van der Waals surface area contributed by atoms with Crippen LogP contribution in [0.4, 0.5) is 0 Å². The van der Waals surface area contributed by atoms with E-state index in [1.54, 1.807) is 30.3 Å². The number of rotatable bonds is 4. The van der Waals surface area contributed by atoms with E-state index in [1.165, 1.54) is 10.7 Å². The highest BCUT2D eigenvalue weighted by Crippen LogP contribution is 2.29. The van der Waals surface area contributed by atoms with Crippen LogP contribution in [0.15, 0.2) is 59.5 Å². The van der Waals surface area contributed by atoms with Crippen molar-refractivity contribution >= 4 is 15.9 Å². The first-order valence-corrected chi connectivity index (χ1v) is 11.4. The van der Waals surface area contributed by atoms with Gasteiger partial charge in [-0.1, -0.05) is 61.7 Å². The van der Waals surface area contributed by atoms with E-state index in [4.69, 9.17) is 0 Å². The Labute approximate surface area is 166 Å². The number of sulfonamides is 1. The summed E-state index contributed by atoms with van der Waals surface area (Å²) in [6.45, 7) is 0.218. The Morgan fingerprint density at radius 1 is 0.893 bits per heavy atom. The number of amides is 1. The molecule has 1 saturated carbocycles. The van der Waals surface area contributed by atoms with E-state index >= 15 is 0 Å². The topological polar surface area (TPSA) is 66.5 Å². The zero-order valence-electron chi connectivity index (χ0n) is 15.9. The van der Waals surface area contributed by atoms with Crippen molar-refractivity contribution in [2.24, 2.45) is 0 Å². The lowest BCUT2D eigenvalue weighted by Crippen LogP contribution is -2.54. The summed E-state index contributed by atoms with van der Waals surface area (Å²) in [5.41, 5.74) is 2.01. The van der Waals surface area contributed by atoms with Crippen LogP contribution in [0.2, 0.25) is 0 Å². The normalized spacial score (nSPS) is 21.1. The fraction of sp³-hybridized carbons (Fsp3) is 0.409. The van der Waals surface area contributed by atoms with E-state index in [9.17, 15) is 13.2 Å². The smallest absolute Gasteiger partial charge is 0.244 e. The van der Waals surface area contributed by atoms with Crippen molar-refractivity contribution in [2.45, 2.75) is 62.0 Å². The lowest BCUT2D eigenvalue weighted by molar-refractivity contribution is -0.126. The quantitative estimate of drug-likeness (QED) is 0.860. The molecule has 2 aromatic carbocycles. The first-order chi connectivity index (χ1) is 13.6. The van der Waals surface area contributed by atoms with Crippen LogP contribution in [0, 0.1) is 0 Å². The number of nitrogens with one attached hydrogen (secondary N) is 1. The van der Waals surface area contributed by atoms with Gasteiger partial charge in [0, 0.05) is 12.6 Å². The fourth-order valence-electron chi connectivity index (χ4n) is 4.25. The van der Waals surface area contributed by atoms with E-state index in [1.807, 2.05) is 24.3 Å². The third-order valence-corrected chi connectivity index (χ3v) is 7.68. The van der Waals surface area contributed by atoms with Crippen LogP contribution < -0.4 is 5.32 Å². The van der Waals surface area contributed by atoms with Gasteiger partial charge in [-0.15, -0.1) is 0 Å². The molecule has 1 aliphatic heterocycles. The van der Waals surface area contributed by atoms with Crippen LogP contribution in [-0.2, 0) is 27.8 Å². The van der Waals surface area contributed by atoms with Crippen LogP contribution >= 0.6 is 0 Å². The van der Waals surface area contributed by atoms with Gasteiger partial charge >= 0.3 is 0 Å². The number of fused-ring (bicyclic) bond motifs is 1. The molecule has 0 aromatic heterocycles. The summed E-state index contributed by atoms with van der Waals surface area (Å²) in [4.78, 5) is 13.4. The molecule has 0 radical (unpaired) electrons. The van der Waals surface area contributed by atoms with Crippen molar-refractivity contribution in [1.82, 2.24) is 9.62 Å². The van der Waals surface area contributed by atoms with Gasteiger partial charge in [0.05, 0.1) is 4.90 Å². The number of hydrogen-bond acceptors (Lipinski definition) is 3. The number of benzene rings is 2. The number of hydrogen-bond donors (Lipinski definition) is 1. The zero-order chi connectivity index (χ0) is 19.6. The van der Waals surface area contributed by atoms with Crippen molar-refractivity contribution in [3.05, 3.63) is 65.7 Å². The summed E-state index contributed by atoms with van der Waals surface area (Å²) in [5.74, 6) is -0.180. The average Bonchev–Trinajstić information content (AvgIpc) is 2.74. The van der Waals surface area contributed by atoms with E-state index in [0.29, 0.717) is 6.42 Å². The zero-order valence-corrected chi connectivity index (χ0v) is 16.7. The van der Waals surface area contributed by atoms with Gasteiger partial charge in [-0.05, 0) is 42.5 Å². The standard InChI is InChI=1S/C22H26N2O3S/c25-22(23-19-11-3-1-4-12-19)21-15-17-9-7-8-10-18(17)16-24(21)28(26,27)20-13-5-2-6-14-20/h2,5-10,13-14,19,21H,1,3-4,11-12,15-16H2,(H,23,25). The van der Waals surface area contributed by atoms with Crippen molar-refractivity contribution in [3.63, 3.8) is 0 Å². The third-order valence-electron chi connectivity index (χ3n) is 5.81. The van der Waals surface area contributed by atoms with Gasteiger partial charge in [-0.3, -0.25) is 4.79 Å². The van der Waals surface area contributed by atoms with Crippen molar-refractivity contribution in [3.8, 4) is 0 Å². The Bertz CT molecular complexity index is 937. The Hall–Kier alpha value is -2.18. The SMILES string of the molecule is O=C(NC1CCCCC1)C1Cc2ccccc2CN1S(=O)(=O)c1ccccc1. The maximum atomic E-state index is 13.4. The van der Waals surface area contributed by atoms with E-state index in [0.717, 1.165) is 36.8 Å². The highest BCUT2D eigenvalue weighted by atomic mass is 32.2. The van der Waals surface area contributed by atoms with Gasteiger partial charge in [-0.2, -0.15) is 4.31 Å². The second kappa shape index (κ2) is 8.05. The Morgan fingerprint density at radius 2 is 1.54 bits per heavy atom. The molecule has 5 nitrogen and oxygen atoms in total. The van der Waals surface area contributed by atoms with E-state index in [-0.39, 0.29) is 23.4 Å². The highest BCUT2D eigenvalue weighted by molar-refractivity contribution is 7.89. The number of nitrogens with zero attached hydrogens (tertiary/aromatic N) is 1. The van der Waals surface area contributed by atoms with Gasteiger partial charge in [0.1, 0.15) is 6.04 Å². The Morgan fingerprint density at radius 3 is 2.25 bits per heavy atom. The van der Waals surface area contributed by atoms with Crippen molar-refractivity contribution < 1.29 is 13.2 Å². The van der Waals surface area contributed by atoms with Crippen molar-refractivity contribution in [1.29, 1.82) is 0 Å². The molecule has 0 spiro atoms. The molecule has 1 fully saturated rings. The minimum Gasteiger partial charge on any atom is -0.352 e. The van der Waals surface area contributed by atoms with Crippen LogP contribution in [-0.4, -0.2) is 30.7 Å². The second-order valence-corrected chi connectivity index (χ2v) is 9.59. The summed E-state index contributed by atoms with van der Waals surface area (Å²) in [6.07, 6.45) is 5.79. The molecule has 28 heavy (non-hydrogen) atoms. The monoisotopic (exact) mass is 398 g/mol. The maximum Gasteiger partial charge on any atom is 0.244 e. The van der Waals surface area contributed by atoms with Crippen LogP contribution in [0.3, 0.4) is 0 Å². The molecule has 1 amide bonds. The molecule has 1 aliphatic carbocycles. The van der Waals surface area contributed by atoms with Gasteiger partial charge in [0.2, 0.25) is 15.9 Å². The lowest BCUT2D eigenvalue weighted by atomic mass is 9.93. The van der Waals surface area contributed by atoms with Crippen LogP contribution in [0.25, 0.3) is 0 Å². The lowest BCUT2D eigenvalue weighted by Gasteiger charge is -2.36. The highest BCUT2D eigenvalue weighted by Gasteiger charge is 2.40. The molecule has 1 heterocycles. The summed E-state index contributed by atoms with van der Waals surface area (Å²) < 4.78 is 28.1. The average molecular weight is 399 g/mol. The predicted octanol–water partition coefficient (Wildman–Crippen LogP) is 3.25. The van der Waals surface area contributed by atoms with Crippen LogP contribution in [0.5, 0.6) is 0 Å². The molecule has 1 N–H and O–H groups in total. The molecule has 6 heteroatoms. The number of carbonyl (C=O) groups is 1.